The summed E-state index contributed by atoms with van der Waals surface area (Å²) < 4.78 is 5.44. The average Bonchev–Trinajstić information content (AvgIpc) is 2.40. The van der Waals surface area contributed by atoms with Gasteiger partial charge in [-0.2, -0.15) is 0 Å². The summed E-state index contributed by atoms with van der Waals surface area (Å²) in [5, 5.41) is 0. The summed E-state index contributed by atoms with van der Waals surface area (Å²) in [5.74, 6) is 0.796. The van der Waals surface area contributed by atoms with Crippen molar-refractivity contribution in [2.24, 2.45) is 0 Å². The smallest absolute Gasteiger partial charge is 0.170 e. The van der Waals surface area contributed by atoms with Crippen LogP contribution in [-0.4, -0.2) is 12.9 Å². The molecule has 2 heteroatoms. The Kier molecular flexibility index (Phi) is 4.46. The van der Waals surface area contributed by atoms with Gasteiger partial charge < -0.3 is 4.74 Å². The fraction of sp³-hybridized carbons (Fsp3) is 0.316. The van der Waals surface area contributed by atoms with Crippen molar-refractivity contribution in [2.75, 3.05) is 7.11 Å². The molecule has 0 saturated heterocycles. The number of carbonyl (C=O) groups excluding carboxylic acids is 1. The number of rotatable bonds is 4. The predicted octanol–water partition coefficient (Wildman–Crippen LogP) is 4.35. The van der Waals surface area contributed by atoms with Crippen molar-refractivity contribution < 1.29 is 9.53 Å². The van der Waals surface area contributed by atoms with Gasteiger partial charge in [-0.25, -0.2) is 0 Å². The van der Waals surface area contributed by atoms with Crippen LogP contribution in [0.15, 0.2) is 30.3 Å². The molecule has 0 N–H and O–H groups in total. The molecular formula is C19H22O2. The van der Waals surface area contributed by atoms with Crippen LogP contribution in [-0.2, 0) is 6.42 Å². The lowest BCUT2D eigenvalue weighted by Gasteiger charge is -2.13. The first-order chi connectivity index (χ1) is 9.92. The Balaban J connectivity index is 2.34. The maximum absolute atomic E-state index is 12.6. The molecule has 2 rings (SSSR count). The fourth-order valence-corrected chi connectivity index (χ4v) is 2.72. The van der Waals surface area contributed by atoms with E-state index in [0.717, 1.165) is 16.7 Å². The lowest BCUT2D eigenvalue weighted by atomic mass is 9.96. The molecule has 0 bridgehead atoms. The highest BCUT2D eigenvalue weighted by Crippen LogP contribution is 2.27. The van der Waals surface area contributed by atoms with Crippen LogP contribution in [0.3, 0.4) is 0 Å². The number of hydrogen-bond donors (Lipinski definition) is 0. The number of Topliss-reactive ketones (excluding diaryl/α,β-unsaturated/α-hetero) is 1. The minimum Gasteiger partial charge on any atom is -0.496 e. The van der Waals surface area contributed by atoms with E-state index in [9.17, 15) is 4.79 Å². The average molecular weight is 282 g/mol. The van der Waals surface area contributed by atoms with Gasteiger partial charge in [-0.15, -0.1) is 0 Å². The SMILES string of the molecule is COc1c(C(=O)Cc2cc(C)cc(C)c2)ccc(C)c1C. The Morgan fingerprint density at radius 3 is 2.19 bits per heavy atom. The molecule has 0 fully saturated rings. The van der Waals surface area contributed by atoms with Crippen LogP contribution >= 0.6 is 0 Å². The lowest BCUT2D eigenvalue weighted by molar-refractivity contribution is 0.0990. The Morgan fingerprint density at radius 2 is 1.62 bits per heavy atom. The normalized spacial score (nSPS) is 10.5. The maximum atomic E-state index is 12.6. The van der Waals surface area contributed by atoms with Crippen molar-refractivity contribution in [2.45, 2.75) is 34.1 Å². The molecule has 0 radical (unpaired) electrons. The summed E-state index contributed by atoms with van der Waals surface area (Å²) in [6.45, 7) is 8.12. The van der Waals surface area contributed by atoms with Crippen LogP contribution in [0.4, 0.5) is 0 Å². The maximum Gasteiger partial charge on any atom is 0.170 e. The molecule has 0 aliphatic rings. The van der Waals surface area contributed by atoms with E-state index in [4.69, 9.17) is 4.74 Å². The quantitative estimate of drug-likeness (QED) is 0.779. The molecule has 0 heterocycles. The monoisotopic (exact) mass is 282 g/mol. The topological polar surface area (TPSA) is 26.3 Å². The van der Waals surface area contributed by atoms with E-state index in [1.807, 2.05) is 26.0 Å². The third-order valence-electron chi connectivity index (χ3n) is 3.83. The van der Waals surface area contributed by atoms with Crippen LogP contribution in [0.1, 0.15) is 38.2 Å². The standard InChI is InChI=1S/C19H22O2/c1-12-8-13(2)10-16(9-12)11-18(20)17-7-6-14(3)15(4)19(17)21-5/h6-10H,11H2,1-5H3. The van der Waals surface area contributed by atoms with Gasteiger partial charge >= 0.3 is 0 Å². The van der Waals surface area contributed by atoms with Crippen molar-refractivity contribution in [3.8, 4) is 5.75 Å². The first-order valence-electron chi connectivity index (χ1n) is 7.17. The van der Waals surface area contributed by atoms with E-state index in [1.54, 1.807) is 7.11 Å². The molecule has 2 aromatic rings. The Bertz CT molecular complexity index is 664. The molecule has 0 spiro atoms. The molecule has 21 heavy (non-hydrogen) atoms. The number of hydrogen-bond acceptors (Lipinski definition) is 2. The predicted molar refractivity (Wildman–Crippen MR) is 86.4 cm³/mol. The van der Waals surface area contributed by atoms with E-state index in [2.05, 4.69) is 32.0 Å². The summed E-state index contributed by atoms with van der Waals surface area (Å²) in [6, 6.07) is 10.1. The number of carbonyl (C=O) groups is 1. The summed E-state index contributed by atoms with van der Waals surface area (Å²) in [6.07, 6.45) is 0.404. The molecular weight excluding hydrogens is 260 g/mol. The molecule has 0 aliphatic carbocycles. The molecule has 110 valence electrons. The van der Waals surface area contributed by atoms with Gasteiger partial charge in [-0.3, -0.25) is 4.79 Å². The van der Waals surface area contributed by atoms with Crippen molar-refractivity contribution in [1.29, 1.82) is 0 Å². The molecule has 0 unspecified atom stereocenters. The highest BCUT2D eigenvalue weighted by atomic mass is 16.5. The van der Waals surface area contributed by atoms with E-state index >= 15 is 0 Å². The Hall–Kier alpha value is -2.09. The minimum absolute atomic E-state index is 0.0972. The Labute approximate surface area is 126 Å². The highest BCUT2D eigenvalue weighted by Gasteiger charge is 2.16. The number of methoxy groups -OCH3 is 1. The third-order valence-corrected chi connectivity index (χ3v) is 3.83. The number of aryl methyl sites for hydroxylation is 3. The zero-order valence-electron chi connectivity index (χ0n) is 13.4. The minimum atomic E-state index is 0.0972. The van der Waals surface area contributed by atoms with Crippen LogP contribution in [0.2, 0.25) is 0 Å². The van der Waals surface area contributed by atoms with Gasteiger partial charge in [0.25, 0.3) is 0 Å². The number of benzene rings is 2. The first kappa shape index (κ1) is 15.3. The van der Waals surface area contributed by atoms with Crippen molar-refractivity contribution >= 4 is 5.78 Å². The van der Waals surface area contributed by atoms with E-state index in [-0.39, 0.29) is 5.78 Å². The lowest BCUT2D eigenvalue weighted by Crippen LogP contribution is -2.08. The van der Waals surface area contributed by atoms with Gasteiger partial charge in [0.2, 0.25) is 0 Å². The van der Waals surface area contributed by atoms with E-state index in [1.165, 1.54) is 11.1 Å². The second kappa shape index (κ2) is 6.13. The van der Waals surface area contributed by atoms with Crippen LogP contribution in [0.5, 0.6) is 5.75 Å². The number of ketones is 1. The van der Waals surface area contributed by atoms with Gasteiger partial charge in [0.1, 0.15) is 5.75 Å². The summed E-state index contributed by atoms with van der Waals surface area (Å²) in [4.78, 5) is 12.6. The molecule has 0 saturated carbocycles. The molecule has 0 amide bonds. The second-order valence-corrected chi connectivity index (χ2v) is 5.68. The third kappa shape index (κ3) is 3.33. The van der Waals surface area contributed by atoms with Crippen LogP contribution in [0.25, 0.3) is 0 Å². The van der Waals surface area contributed by atoms with Gasteiger partial charge in [0.05, 0.1) is 12.7 Å². The van der Waals surface area contributed by atoms with Crippen molar-refractivity contribution in [1.82, 2.24) is 0 Å². The van der Waals surface area contributed by atoms with Gasteiger partial charge in [0.15, 0.2) is 5.78 Å². The fourth-order valence-electron chi connectivity index (χ4n) is 2.72. The van der Waals surface area contributed by atoms with Gasteiger partial charge in [0, 0.05) is 6.42 Å². The molecule has 2 aromatic carbocycles. The summed E-state index contributed by atoms with van der Waals surface area (Å²) in [5.41, 5.74) is 6.26. The first-order valence-corrected chi connectivity index (χ1v) is 7.17. The zero-order valence-corrected chi connectivity index (χ0v) is 13.4. The zero-order chi connectivity index (χ0) is 15.6. The highest BCUT2D eigenvalue weighted by molar-refractivity contribution is 6.00. The molecule has 2 nitrogen and oxygen atoms in total. The Morgan fingerprint density at radius 1 is 1.00 bits per heavy atom. The van der Waals surface area contributed by atoms with E-state index < -0.39 is 0 Å². The van der Waals surface area contributed by atoms with Crippen molar-refractivity contribution in [3.63, 3.8) is 0 Å². The molecule has 0 aliphatic heterocycles. The summed E-state index contributed by atoms with van der Waals surface area (Å²) in [7, 11) is 1.62. The van der Waals surface area contributed by atoms with Crippen molar-refractivity contribution in [3.05, 3.63) is 63.7 Å². The summed E-state index contributed by atoms with van der Waals surface area (Å²) >= 11 is 0. The largest absolute Gasteiger partial charge is 0.496 e. The second-order valence-electron chi connectivity index (χ2n) is 5.68. The molecule has 0 aromatic heterocycles. The van der Waals surface area contributed by atoms with Gasteiger partial charge in [-0.05, 0) is 50.5 Å². The van der Waals surface area contributed by atoms with E-state index in [0.29, 0.717) is 17.7 Å². The van der Waals surface area contributed by atoms with Crippen LogP contribution < -0.4 is 4.74 Å². The number of ether oxygens (including phenoxy) is 1. The van der Waals surface area contributed by atoms with Gasteiger partial charge in [-0.1, -0.05) is 35.4 Å². The molecule has 0 atom stereocenters. The van der Waals surface area contributed by atoms with Crippen LogP contribution in [0, 0.1) is 27.7 Å².